The second-order valence-corrected chi connectivity index (χ2v) is 4.11. The Kier molecular flexibility index (Phi) is 5.78. The number of halogens is 5. The van der Waals surface area contributed by atoms with E-state index in [9.17, 15) is 22.0 Å². The number of benzene rings is 1. The highest BCUT2D eigenvalue weighted by Crippen LogP contribution is 2.41. The molecule has 2 N–H and O–H groups in total. The first kappa shape index (κ1) is 17.7. The molecule has 0 saturated carbocycles. The van der Waals surface area contributed by atoms with Crippen molar-refractivity contribution in [3.05, 3.63) is 28.3 Å². The molecule has 0 saturated heterocycles. The number of nitrogens with two attached hydrogens (primary N) is 1. The van der Waals surface area contributed by atoms with Crippen molar-refractivity contribution in [1.29, 1.82) is 0 Å². The smallest absolute Gasteiger partial charge is 0.394 e. The zero-order chi connectivity index (χ0) is 15.5. The predicted molar refractivity (Wildman–Crippen MR) is 65.9 cm³/mol. The van der Waals surface area contributed by atoms with E-state index in [1.807, 2.05) is 13.8 Å². The Labute approximate surface area is 109 Å². The fraction of sp³-hybridized carbons (Fsp3) is 0.538. The minimum absolute atomic E-state index is 0.589. The Bertz CT molecular complexity index is 450. The molecule has 0 aliphatic rings. The zero-order valence-electron chi connectivity index (χ0n) is 11.5. The van der Waals surface area contributed by atoms with Crippen LogP contribution in [-0.2, 0) is 6.18 Å². The average molecular weight is 283 g/mol. The lowest BCUT2D eigenvalue weighted by Crippen LogP contribution is -2.17. The van der Waals surface area contributed by atoms with Gasteiger partial charge < -0.3 is 5.73 Å². The number of hydrogen-bond acceptors (Lipinski definition) is 1. The van der Waals surface area contributed by atoms with Crippen LogP contribution in [0.5, 0.6) is 0 Å². The zero-order valence-corrected chi connectivity index (χ0v) is 11.5. The van der Waals surface area contributed by atoms with E-state index in [0.717, 1.165) is 6.92 Å². The first-order chi connectivity index (χ1) is 8.59. The van der Waals surface area contributed by atoms with Gasteiger partial charge in [-0.1, -0.05) is 27.7 Å². The van der Waals surface area contributed by atoms with Gasteiger partial charge in [-0.2, -0.15) is 13.2 Å². The molecular weight excluding hydrogens is 265 g/mol. The van der Waals surface area contributed by atoms with Gasteiger partial charge in [0.15, 0.2) is 11.6 Å². The summed E-state index contributed by atoms with van der Waals surface area (Å²) in [6, 6.07) is 0. The highest BCUT2D eigenvalue weighted by molar-refractivity contribution is 5.54. The summed E-state index contributed by atoms with van der Waals surface area (Å²) in [4.78, 5) is 0. The van der Waals surface area contributed by atoms with Crippen molar-refractivity contribution >= 4 is 5.69 Å². The van der Waals surface area contributed by atoms with Gasteiger partial charge in [0, 0.05) is 5.56 Å². The van der Waals surface area contributed by atoms with E-state index in [2.05, 4.69) is 0 Å². The molecule has 0 radical (unpaired) electrons. The quantitative estimate of drug-likeness (QED) is 0.568. The Morgan fingerprint density at radius 1 is 1.00 bits per heavy atom. The van der Waals surface area contributed by atoms with Crippen LogP contribution in [0.1, 0.15) is 50.3 Å². The molecule has 110 valence electrons. The van der Waals surface area contributed by atoms with Gasteiger partial charge in [0.2, 0.25) is 0 Å². The van der Waals surface area contributed by atoms with E-state index in [1.54, 1.807) is 0 Å². The third-order valence-electron chi connectivity index (χ3n) is 2.54. The first-order valence-corrected chi connectivity index (χ1v) is 5.93. The van der Waals surface area contributed by atoms with Crippen molar-refractivity contribution in [1.82, 2.24) is 0 Å². The number of hydrogen-bond donors (Lipinski definition) is 1. The molecule has 0 aliphatic carbocycles. The van der Waals surface area contributed by atoms with Crippen LogP contribution in [-0.4, -0.2) is 0 Å². The average Bonchev–Trinajstić information content (AvgIpc) is 2.31. The van der Waals surface area contributed by atoms with Crippen molar-refractivity contribution in [3.63, 3.8) is 0 Å². The Morgan fingerprint density at radius 2 is 1.42 bits per heavy atom. The highest BCUT2D eigenvalue weighted by Gasteiger charge is 2.39. The molecule has 0 fully saturated rings. The van der Waals surface area contributed by atoms with E-state index in [-0.39, 0.29) is 0 Å². The molecule has 0 atom stereocenters. The second-order valence-electron chi connectivity index (χ2n) is 4.11. The number of nitrogen functional groups attached to an aromatic ring is 1. The van der Waals surface area contributed by atoms with Gasteiger partial charge in [-0.05, 0) is 18.4 Å². The standard InChI is InChI=1S/C11H12F5N.C2H6/c1-4(2)6-7(11(14,15)16)5(3)8(12)10(17)9(6)13;1-2/h4H,17H2,1-3H3;1-2H3. The predicted octanol–water partition coefficient (Wildman–Crippen LogP) is 5.02. The van der Waals surface area contributed by atoms with Crippen molar-refractivity contribution in [2.75, 3.05) is 5.73 Å². The summed E-state index contributed by atoms with van der Waals surface area (Å²) in [7, 11) is 0. The molecule has 0 aromatic heterocycles. The molecule has 0 aliphatic heterocycles. The summed E-state index contributed by atoms with van der Waals surface area (Å²) < 4.78 is 65.3. The number of rotatable bonds is 1. The molecule has 0 bridgehead atoms. The Hall–Kier alpha value is -1.33. The SMILES string of the molecule is CC.Cc1c(F)c(N)c(F)c(C(C)C)c1C(F)(F)F. The third kappa shape index (κ3) is 3.36. The minimum Gasteiger partial charge on any atom is -0.394 e. The summed E-state index contributed by atoms with van der Waals surface area (Å²) in [6.45, 7) is 7.73. The fourth-order valence-corrected chi connectivity index (χ4v) is 1.77. The summed E-state index contributed by atoms with van der Waals surface area (Å²) in [5.41, 5.74) is 1.73. The van der Waals surface area contributed by atoms with Crippen LogP contribution >= 0.6 is 0 Å². The topological polar surface area (TPSA) is 26.0 Å². The van der Waals surface area contributed by atoms with Gasteiger partial charge in [-0.3, -0.25) is 0 Å². The second kappa shape index (κ2) is 6.21. The van der Waals surface area contributed by atoms with Crippen molar-refractivity contribution in [3.8, 4) is 0 Å². The van der Waals surface area contributed by atoms with Crippen molar-refractivity contribution < 1.29 is 22.0 Å². The van der Waals surface area contributed by atoms with E-state index < -0.39 is 46.1 Å². The molecule has 19 heavy (non-hydrogen) atoms. The monoisotopic (exact) mass is 283 g/mol. The molecule has 6 heteroatoms. The van der Waals surface area contributed by atoms with Crippen LogP contribution < -0.4 is 5.73 Å². The van der Waals surface area contributed by atoms with Crippen LogP contribution in [0.25, 0.3) is 0 Å². The Morgan fingerprint density at radius 3 is 1.74 bits per heavy atom. The Balaban J connectivity index is 0.00000154. The molecular formula is C13H18F5N. The minimum atomic E-state index is -4.81. The fourth-order valence-electron chi connectivity index (χ4n) is 1.77. The highest BCUT2D eigenvalue weighted by atomic mass is 19.4. The molecule has 0 amide bonds. The van der Waals surface area contributed by atoms with Crippen molar-refractivity contribution in [2.45, 2.75) is 46.7 Å². The van der Waals surface area contributed by atoms with Gasteiger partial charge in [0.1, 0.15) is 5.69 Å². The molecule has 0 unspecified atom stereocenters. The molecule has 1 aromatic carbocycles. The largest absolute Gasteiger partial charge is 0.417 e. The lowest BCUT2D eigenvalue weighted by atomic mass is 9.91. The lowest BCUT2D eigenvalue weighted by molar-refractivity contribution is -0.139. The summed E-state index contributed by atoms with van der Waals surface area (Å²) >= 11 is 0. The summed E-state index contributed by atoms with van der Waals surface area (Å²) in [6.07, 6.45) is -4.81. The maximum absolute atomic E-state index is 13.6. The van der Waals surface area contributed by atoms with Gasteiger partial charge in [-0.25, -0.2) is 8.78 Å². The number of alkyl halides is 3. The van der Waals surface area contributed by atoms with Gasteiger partial charge in [0.05, 0.1) is 5.56 Å². The summed E-state index contributed by atoms with van der Waals surface area (Å²) in [5.74, 6) is -3.41. The van der Waals surface area contributed by atoms with Crippen LogP contribution in [0.15, 0.2) is 0 Å². The summed E-state index contributed by atoms with van der Waals surface area (Å²) in [5, 5.41) is 0. The van der Waals surface area contributed by atoms with Crippen LogP contribution in [0.4, 0.5) is 27.6 Å². The van der Waals surface area contributed by atoms with Gasteiger partial charge in [0.25, 0.3) is 0 Å². The third-order valence-corrected chi connectivity index (χ3v) is 2.54. The molecule has 1 rings (SSSR count). The maximum Gasteiger partial charge on any atom is 0.417 e. The van der Waals surface area contributed by atoms with Gasteiger partial charge >= 0.3 is 6.18 Å². The molecule has 1 nitrogen and oxygen atoms in total. The first-order valence-electron chi connectivity index (χ1n) is 5.93. The normalized spacial score (nSPS) is 11.3. The van der Waals surface area contributed by atoms with Crippen LogP contribution in [0, 0.1) is 18.6 Å². The molecule has 0 spiro atoms. The van der Waals surface area contributed by atoms with Crippen LogP contribution in [0.2, 0.25) is 0 Å². The van der Waals surface area contributed by atoms with E-state index in [0.29, 0.717) is 0 Å². The van der Waals surface area contributed by atoms with Gasteiger partial charge in [-0.15, -0.1) is 0 Å². The number of anilines is 1. The van der Waals surface area contributed by atoms with E-state index in [4.69, 9.17) is 5.73 Å². The van der Waals surface area contributed by atoms with Crippen molar-refractivity contribution in [2.24, 2.45) is 0 Å². The molecule has 0 heterocycles. The van der Waals surface area contributed by atoms with E-state index >= 15 is 0 Å². The lowest BCUT2D eigenvalue weighted by Gasteiger charge is -2.20. The van der Waals surface area contributed by atoms with Crippen LogP contribution in [0.3, 0.4) is 0 Å². The molecule has 1 aromatic rings. The maximum atomic E-state index is 13.6. The van der Waals surface area contributed by atoms with E-state index in [1.165, 1.54) is 13.8 Å².